The van der Waals surface area contributed by atoms with Crippen LogP contribution in [0.3, 0.4) is 0 Å². The topological polar surface area (TPSA) is 12.9 Å². The van der Waals surface area contributed by atoms with E-state index < -0.39 is 0 Å². The number of nitrogens with zero attached hydrogens (tertiary/aromatic N) is 1. The first kappa shape index (κ1) is 10.3. The summed E-state index contributed by atoms with van der Waals surface area (Å²) in [6, 6.07) is 0. The van der Waals surface area contributed by atoms with E-state index in [0.717, 1.165) is 0 Å². The Morgan fingerprint density at radius 3 is 2.30 bits per heavy atom. The first-order chi connectivity index (χ1) is 4.11. The average molecular weight is 326 g/mol. The Morgan fingerprint density at radius 1 is 1.50 bits per heavy atom. The monoisotopic (exact) mass is 327 g/mol. The van der Waals surface area contributed by atoms with E-state index in [-0.39, 0.29) is 25.8 Å². The first-order valence-electron chi connectivity index (χ1n) is 2.93. The summed E-state index contributed by atoms with van der Waals surface area (Å²) in [6.07, 6.45) is 1.88. The minimum Gasteiger partial charge on any atom is -0.394 e. The van der Waals surface area contributed by atoms with Gasteiger partial charge in [-0.3, -0.25) is 11.3 Å². The molecule has 1 rings (SSSR count). The van der Waals surface area contributed by atoms with Gasteiger partial charge in [0.15, 0.2) is 0 Å². The van der Waals surface area contributed by atoms with E-state index >= 15 is 0 Å². The summed E-state index contributed by atoms with van der Waals surface area (Å²) >= 11 is 1.59. The van der Waals surface area contributed by atoms with Gasteiger partial charge in [-0.15, -0.1) is 11.1 Å². The summed E-state index contributed by atoms with van der Waals surface area (Å²) in [7, 11) is 0. The Labute approximate surface area is 79.5 Å². The molecule has 1 radical (unpaired) electrons. The fourth-order valence-electron chi connectivity index (χ4n) is 0.534. The SMILES string of the molecule is CC(C)(C)c1cn[c-]s1.[Re]. The molecule has 3 heteroatoms. The third kappa shape index (κ3) is 2.50. The number of hydrogen-bond acceptors (Lipinski definition) is 2. The van der Waals surface area contributed by atoms with Crippen LogP contribution in [0.4, 0.5) is 0 Å². The summed E-state index contributed by atoms with van der Waals surface area (Å²) in [5.74, 6) is 0. The second-order valence-electron chi connectivity index (χ2n) is 3.07. The number of rotatable bonds is 0. The van der Waals surface area contributed by atoms with Gasteiger partial charge in [0.25, 0.3) is 0 Å². The van der Waals surface area contributed by atoms with Crippen molar-refractivity contribution in [1.82, 2.24) is 4.98 Å². The first-order valence-corrected chi connectivity index (χ1v) is 3.75. The maximum Gasteiger partial charge on any atom is 0 e. The minimum atomic E-state index is 0. The van der Waals surface area contributed by atoms with Crippen molar-refractivity contribution in [2.45, 2.75) is 26.2 Å². The zero-order valence-electron chi connectivity index (χ0n) is 6.31. The molecule has 57 valence electrons. The summed E-state index contributed by atoms with van der Waals surface area (Å²) in [4.78, 5) is 5.18. The Kier molecular flexibility index (Phi) is 3.72. The third-order valence-corrected chi connectivity index (χ3v) is 2.26. The number of aromatic nitrogens is 1. The van der Waals surface area contributed by atoms with E-state index in [9.17, 15) is 0 Å². The molecule has 0 atom stereocenters. The van der Waals surface area contributed by atoms with Crippen molar-refractivity contribution in [1.29, 1.82) is 0 Å². The normalized spacial score (nSPS) is 10.7. The van der Waals surface area contributed by atoms with Crippen molar-refractivity contribution < 1.29 is 20.4 Å². The molecule has 10 heavy (non-hydrogen) atoms. The van der Waals surface area contributed by atoms with Gasteiger partial charge in [0.05, 0.1) is 0 Å². The Morgan fingerprint density at radius 2 is 2.10 bits per heavy atom. The zero-order chi connectivity index (χ0) is 6.91. The molecule has 0 N–H and O–H groups in total. The molecular weight excluding hydrogens is 316 g/mol. The van der Waals surface area contributed by atoms with Crippen molar-refractivity contribution >= 4 is 11.3 Å². The van der Waals surface area contributed by atoms with E-state index in [1.54, 1.807) is 11.3 Å². The van der Waals surface area contributed by atoms with Gasteiger partial charge >= 0.3 is 0 Å². The summed E-state index contributed by atoms with van der Waals surface area (Å²) < 4.78 is 0. The van der Waals surface area contributed by atoms with Gasteiger partial charge in [0.2, 0.25) is 0 Å². The van der Waals surface area contributed by atoms with Crippen molar-refractivity contribution in [3.05, 3.63) is 16.6 Å². The molecule has 0 aliphatic rings. The summed E-state index contributed by atoms with van der Waals surface area (Å²) in [5, 5.41) is 0. The minimum absolute atomic E-state index is 0. The van der Waals surface area contributed by atoms with Crippen LogP contribution in [0.2, 0.25) is 0 Å². The molecule has 0 unspecified atom stereocenters. The zero-order valence-corrected chi connectivity index (χ0v) is 9.84. The van der Waals surface area contributed by atoms with Crippen molar-refractivity contribution in [2.75, 3.05) is 0 Å². The Balaban J connectivity index is 0.000000810. The fourth-order valence-corrected chi connectivity index (χ4v) is 1.15. The molecule has 0 aromatic carbocycles. The van der Waals surface area contributed by atoms with E-state index in [1.807, 2.05) is 6.20 Å². The van der Waals surface area contributed by atoms with Crippen LogP contribution in [0.25, 0.3) is 0 Å². The Hall–Kier alpha value is 0.292. The van der Waals surface area contributed by atoms with Gasteiger partial charge < -0.3 is 4.98 Å². The van der Waals surface area contributed by atoms with Crippen LogP contribution in [0.15, 0.2) is 6.20 Å². The van der Waals surface area contributed by atoms with Gasteiger partial charge in [-0.05, 0) is 5.51 Å². The van der Waals surface area contributed by atoms with Gasteiger partial charge in [-0.25, -0.2) is 0 Å². The molecule has 0 saturated carbocycles. The predicted octanol–water partition coefficient (Wildman–Crippen LogP) is 2.24. The van der Waals surface area contributed by atoms with Crippen LogP contribution >= 0.6 is 11.3 Å². The fraction of sp³-hybridized carbons (Fsp3) is 0.571. The maximum absolute atomic E-state index is 3.88. The van der Waals surface area contributed by atoms with Crippen LogP contribution in [0.1, 0.15) is 25.6 Å². The second-order valence-corrected chi connectivity index (χ2v) is 3.89. The van der Waals surface area contributed by atoms with E-state index in [2.05, 4.69) is 31.3 Å². The molecular formula is C7H10NReS-. The molecule has 0 aliphatic carbocycles. The van der Waals surface area contributed by atoms with Crippen LogP contribution in [0, 0.1) is 5.51 Å². The van der Waals surface area contributed by atoms with Gasteiger partial charge in [-0.2, -0.15) is 0 Å². The third-order valence-electron chi connectivity index (χ3n) is 1.13. The Bertz CT molecular complexity index is 176. The average Bonchev–Trinajstić information content (AvgIpc) is 2.08. The van der Waals surface area contributed by atoms with Crippen LogP contribution in [-0.2, 0) is 25.8 Å². The van der Waals surface area contributed by atoms with Gasteiger partial charge in [0, 0.05) is 20.4 Å². The van der Waals surface area contributed by atoms with Crippen LogP contribution in [0.5, 0.6) is 0 Å². The maximum atomic E-state index is 3.88. The van der Waals surface area contributed by atoms with Crippen LogP contribution in [-0.4, -0.2) is 4.98 Å². The van der Waals surface area contributed by atoms with E-state index in [0.29, 0.717) is 0 Å². The quantitative estimate of drug-likeness (QED) is 0.666. The molecule has 0 fully saturated rings. The molecule has 0 aliphatic heterocycles. The molecule has 0 bridgehead atoms. The number of thiazole rings is 1. The van der Waals surface area contributed by atoms with E-state index in [1.165, 1.54) is 4.88 Å². The number of hydrogen-bond donors (Lipinski definition) is 0. The second kappa shape index (κ2) is 3.62. The molecule has 0 spiro atoms. The van der Waals surface area contributed by atoms with Gasteiger partial charge in [-0.1, -0.05) is 26.2 Å². The van der Waals surface area contributed by atoms with Crippen molar-refractivity contribution in [3.8, 4) is 0 Å². The molecule has 1 nitrogen and oxygen atoms in total. The standard InChI is InChI=1S/C7H10NS.Re/c1-7(2,3)6-4-8-5-9-6;/h4H,1-3H3;/q-1;. The molecule has 0 amide bonds. The van der Waals surface area contributed by atoms with E-state index in [4.69, 9.17) is 0 Å². The van der Waals surface area contributed by atoms with Crippen molar-refractivity contribution in [2.24, 2.45) is 0 Å². The summed E-state index contributed by atoms with van der Waals surface area (Å²) in [5.41, 5.74) is 3.08. The smallest absolute Gasteiger partial charge is 0 e. The molecule has 1 aromatic rings. The van der Waals surface area contributed by atoms with Gasteiger partial charge in [0.1, 0.15) is 0 Å². The largest absolute Gasteiger partial charge is 0.394 e. The molecule has 0 saturated heterocycles. The molecule has 1 aromatic heterocycles. The predicted molar refractivity (Wildman–Crippen MR) is 39.7 cm³/mol. The summed E-state index contributed by atoms with van der Waals surface area (Å²) in [6.45, 7) is 6.52. The van der Waals surface area contributed by atoms with Crippen molar-refractivity contribution in [3.63, 3.8) is 0 Å². The van der Waals surface area contributed by atoms with Crippen LogP contribution < -0.4 is 0 Å². The molecule has 1 heterocycles.